The van der Waals surface area contributed by atoms with E-state index in [4.69, 9.17) is 0 Å². The van der Waals surface area contributed by atoms with E-state index in [2.05, 4.69) is 0 Å². The van der Waals surface area contributed by atoms with Crippen LogP contribution >= 0.6 is 0 Å². The number of nitrogens with zero attached hydrogens (tertiary/aromatic N) is 1. The normalized spacial score (nSPS) is 20.1. The van der Waals surface area contributed by atoms with E-state index in [1.807, 2.05) is 61.5 Å². The summed E-state index contributed by atoms with van der Waals surface area (Å²) in [4.78, 5) is 26.0. The van der Waals surface area contributed by atoms with Gasteiger partial charge in [-0.3, -0.25) is 9.59 Å². The molecule has 1 aliphatic heterocycles. The minimum Gasteiger partial charge on any atom is -0.481 e. The van der Waals surface area contributed by atoms with Crippen molar-refractivity contribution in [3.05, 3.63) is 71.3 Å². The highest BCUT2D eigenvalue weighted by Gasteiger charge is 2.40. The number of carbonyl (C=O) groups is 2. The quantitative estimate of drug-likeness (QED) is 0.941. The van der Waals surface area contributed by atoms with Gasteiger partial charge in [-0.2, -0.15) is 0 Å². The van der Waals surface area contributed by atoms with Crippen LogP contribution in [0.4, 0.5) is 0 Å². The molecule has 2 aromatic carbocycles. The SMILES string of the molecule is Cc1ccccc1CC(=O)N1C[C@H](C(=O)O)[C@H](c2ccccc2)C1. The lowest BCUT2D eigenvalue weighted by atomic mass is 9.89. The molecule has 24 heavy (non-hydrogen) atoms. The van der Waals surface area contributed by atoms with Gasteiger partial charge in [0, 0.05) is 19.0 Å². The molecular formula is C20H21NO3. The molecule has 1 N–H and O–H groups in total. The summed E-state index contributed by atoms with van der Waals surface area (Å²) in [5, 5.41) is 9.54. The van der Waals surface area contributed by atoms with Crippen molar-refractivity contribution in [3.63, 3.8) is 0 Å². The van der Waals surface area contributed by atoms with Gasteiger partial charge in [-0.15, -0.1) is 0 Å². The molecule has 0 aliphatic carbocycles. The maximum atomic E-state index is 12.6. The maximum absolute atomic E-state index is 12.6. The van der Waals surface area contributed by atoms with Gasteiger partial charge in [0.2, 0.25) is 5.91 Å². The molecule has 1 aliphatic rings. The van der Waals surface area contributed by atoms with E-state index in [0.717, 1.165) is 16.7 Å². The number of likely N-dealkylation sites (tertiary alicyclic amines) is 1. The average Bonchev–Trinajstić information content (AvgIpc) is 3.03. The first-order chi connectivity index (χ1) is 11.6. The Balaban J connectivity index is 1.77. The first-order valence-electron chi connectivity index (χ1n) is 8.16. The first kappa shape index (κ1) is 16.2. The molecule has 4 heteroatoms. The predicted octanol–water partition coefficient (Wildman–Crippen LogP) is 2.86. The van der Waals surface area contributed by atoms with Gasteiger partial charge < -0.3 is 10.0 Å². The number of carboxylic acids is 1. The van der Waals surface area contributed by atoms with E-state index >= 15 is 0 Å². The Kier molecular flexibility index (Phi) is 4.65. The Bertz CT molecular complexity index is 742. The van der Waals surface area contributed by atoms with Crippen LogP contribution in [-0.4, -0.2) is 35.0 Å². The van der Waals surface area contributed by atoms with Crippen LogP contribution in [0.2, 0.25) is 0 Å². The molecule has 0 unspecified atom stereocenters. The highest BCUT2D eigenvalue weighted by molar-refractivity contribution is 5.81. The minimum absolute atomic E-state index is 0.00557. The molecule has 2 aromatic rings. The Morgan fingerprint density at radius 3 is 2.38 bits per heavy atom. The van der Waals surface area contributed by atoms with Gasteiger partial charge in [0.25, 0.3) is 0 Å². The lowest BCUT2D eigenvalue weighted by Gasteiger charge is -2.17. The molecule has 0 spiro atoms. The fourth-order valence-electron chi connectivity index (χ4n) is 3.38. The molecule has 4 nitrogen and oxygen atoms in total. The third-order valence-electron chi connectivity index (χ3n) is 4.82. The predicted molar refractivity (Wildman–Crippen MR) is 91.8 cm³/mol. The summed E-state index contributed by atoms with van der Waals surface area (Å²) >= 11 is 0. The average molecular weight is 323 g/mol. The van der Waals surface area contributed by atoms with E-state index in [1.54, 1.807) is 4.90 Å². The lowest BCUT2D eigenvalue weighted by molar-refractivity contribution is -0.141. The molecule has 0 saturated carbocycles. The van der Waals surface area contributed by atoms with Crippen molar-refractivity contribution in [2.75, 3.05) is 13.1 Å². The number of hydrogen-bond acceptors (Lipinski definition) is 2. The minimum atomic E-state index is -0.838. The number of aryl methyl sites for hydroxylation is 1. The highest BCUT2D eigenvalue weighted by atomic mass is 16.4. The molecule has 3 rings (SSSR count). The van der Waals surface area contributed by atoms with E-state index in [-0.39, 0.29) is 18.4 Å². The van der Waals surface area contributed by atoms with Crippen LogP contribution in [0.3, 0.4) is 0 Å². The zero-order chi connectivity index (χ0) is 17.1. The summed E-state index contributed by atoms with van der Waals surface area (Å²) in [6.45, 7) is 2.73. The number of aliphatic carboxylic acids is 1. The number of hydrogen-bond donors (Lipinski definition) is 1. The van der Waals surface area contributed by atoms with Gasteiger partial charge in [0.1, 0.15) is 0 Å². The first-order valence-corrected chi connectivity index (χ1v) is 8.16. The summed E-state index contributed by atoms with van der Waals surface area (Å²) in [6.07, 6.45) is 0.320. The van der Waals surface area contributed by atoms with Crippen LogP contribution in [0.5, 0.6) is 0 Å². The summed E-state index contributed by atoms with van der Waals surface area (Å²) in [5.41, 5.74) is 3.06. The van der Waals surface area contributed by atoms with Crippen molar-refractivity contribution in [3.8, 4) is 0 Å². The molecule has 1 fully saturated rings. The van der Waals surface area contributed by atoms with Gasteiger partial charge in [-0.05, 0) is 23.6 Å². The van der Waals surface area contributed by atoms with Gasteiger partial charge in [0.15, 0.2) is 0 Å². The smallest absolute Gasteiger partial charge is 0.308 e. The Morgan fingerprint density at radius 1 is 1.04 bits per heavy atom. The van der Waals surface area contributed by atoms with Gasteiger partial charge >= 0.3 is 5.97 Å². The molecule has 1 amide bonds. The van der Waals surface area contributed by atoms with Crippen molar-refractivity contribution in [1.29, 1.82) is 0 Å². The largest absolute Gasteiger partial charge is 0.481 e. The fraction of sp³-hybridized carbons (Fsp3) is 0.300. The second-order valence-electron chi connectivity index (χ2n) is 6.36. The van der Waals surface area contributed by atoms with Crippen LogP contribution in [0, 0.1) is 12.8 Å². The second kappa shape index (κ2) is 6.87. The highest BCUT2D eigenvalue weighted by Crippen LogP contribution is 2.33. The van der Waals surface area contributed by atoms with Crippen molar-refractivity contribution < 1.29 is 14.7 Å². The number of rotatable bonds is 4. The fourth-order valence-corrected chi connectivity index (χ4v) is 3.38. The van der Waals surface area contributed by atoms with E-state index < -0.39 is 11.9 Å². The monoisotopic (exact) mass is 323 g/mol. The summed E-state index contributed by atoms with van der Waals surface area (Å²) in [6, 6.07) is 17.4. The zero-order valence-corrected chi connectivity index (χ0v) is 13.7. The Hall–Kier alpha value is -2.62. The Morgan fingerprint density at radius 2 is 1.71 bits per heavy atom. The van der Waals surface area contributed by atoms with Gasteiger partial charge in [-0.1, -0.05) is 54.6 Å². The van der Waals surface area contributed by atoms with E-state index in [1.165, 1.54) is 0 Å². The summed E-state index contributed by atoms with van der Waals surface area (Å²) < 4.78 is 0. The van der Waals surface area contributed by atoms with Gasteiger partial charge in [0.05, 0.1) is 12.3 Å². The number of amides is 1. The zero-order valence-electron chi connectivity index (χ0n) is 13.7. The van der Waals surface area contributed by atoms with E-state index in [0.29, 0.717) is 13.0 Å². The third-order valence-corrected chi connectivity index (χ3v) is 4.82. The second-order valence-corrected chi connectivity index (χ2v) is 6.36. The van der Waals surface area contributed by atoms with Crippen molar-refractivity contribution in [1.82, 2.24) is 4.90 Å². The van der Waals surface area contributed by atoms with Crippen LogP contribution < -0.4 is 0 Å². The third kappa shape index (κ3) is 3.32. The molecule has 0 aromatic heterocycles. The number of carbonyl (C=O) groups excluding carboxylic acids is 1. The number of carboxylic acid groups (broad SMARTS) is 1. The molecule has 1 saturated heterocycles. The van der Waals surface area contributed by atoms with Crippen LogP contribution in [0.25, 0.3) is 0 Å². The van der Waals surface area contributed by atoms with Gasteiger partial charge in [-0.25, -0.2) is 0 Å². The molecule has 124 valence electrons. The van der Waals surface area contributed by atoms with Crippen LogP contribution in [0.1, 0.15) is 22.6 Å². The Labute approximate surface area is 141 Å². The van der Waals surface area contributed by atoms with E-state index in [9.17, 15) is 14.7 Å². The molecule has 1 heterocycles. The van der Waals surface area contributed by atoms with Crippen LogP contribution in [0.15, 0.2) is 54.6 Å². The molecule has 2 atom stereocenters. The molecular weight excluding hydrogens is 302 g/mol. The lowest BCUT2D eigenvalue weighted by Crippen LogP contribution is -2.31. The van der Waals surface area contributed by atoms with Crippen molar-refractivity contribution in [2.45, 2.75) is 19.3 Å². The standard InChI is InChI=1S/C20H21NO3/c1-14-7-5-6-10-16(14)11-19(22)21-12-17(18(13-21)20(23)24)15-8-3-2-4-9-15/h2-10,17-18H,11-13H2,1H3,(H,23,24)/t17-,18-/m0/s1. The van der Waals surface area contributed by atoms with Crippen LogP contribution in [-0.2, 0) is 16.0 Å². The van der Waals surface area contributed by atoms with Crippen molar-refractivity contribution >= 4 is 11.9 Å². The maximum Gasteiger partial charge on any atom is 0.308 e. The van der Waals surface area contributed by atoms with Crippen molar-refractivity contribution in [2.24, 2.45) is 5.92 Å². The summed E-state index contributed by atoms with van der Waals surface area (Å²) in [5.74, 6) is -1.54. The number of benzene rings is 2. The topological polar surface area (TPSA) is 57.6 Å². The molecule has 0 bridgehead atoms. The summed E-state index contributed by atoms with van der Waals surface area (Å²) in [7, 11) is 0. The molecule has 0 radical (unpaired) electrons.